The summed E-state index contributed by atoms with van der Waals surface area (Å²) in [5.74, 6) is 0.889. The lowest BCUT2D eigenvalue weighted by atomic mass is 10.2. The van der Waals surface area contributed by atoms with E-state index in [1.54, 1.807) is 6.92 Å². The Morgan fingerprint density at radius 2 is 1.93 bits per heavy atom. The highest BCUT2D eigenvalue weighted by Gasteiger charge is 2.20. The maximum Gasteiger partial charge on any atom is 0.329 e. The first-order chi connectivity index (χ1) is 13.8. The fourth-order valence-corrected chi connectivity index (χ4v) is 2.88. The Morgan fingerprint density at radius 1 is 1.24 bits per heavy atom. The molecule has 10 heteroatoms. The van der Waals surface area contributed by atoms with Crippen LogP contribution in [-0.2, 0) is 13.6 Å². The summed E-state index contributed by atoms with van der Waals surface area (Å²) >= 11 is 0. The number of nitrogens with zero attached hydrogens (tertiary/aromatic N) is 3. The second-order valence-corrected chi connectivity index (χ2v) is 7.04. The fraction of sp³-hybridized carbons (Fsp3) is 0.421. The summed E-state index contributed by atoms with van der Waals surface area (Å²) < 4.78 is 8.31. The van der Waals surface area contributed by atoms with E-state index in [0.717, 1.165) is 5.56 Å². The fourth-order valence-electron chi connectivity index (χ4n) is 2.88. The SMILES string of the molecule is Cc1ccc(OC[C@@H](O)Cn2c(NC[C@@H](C)O)nc3c2c(=O)[nH]c(=O)n3C)cc1. The number of benzene rings is 1. The zero-order valence-electron chi connectivity index (χ0n) is 16.5. The number of ether oxygens (including phenoxy) is 1. The molecule has 2 atom stereocenters. The maximum atomic E-state index is 12.4. The van der Waals surface area contributed by atoms with Gasteiger partial charge in [-0.3, -0.25) is 14.3 Å². The van der Waals surface area contributed by atoms with Crippen molar-refractivity contribution in [3.05, 3.63) is 50.7 Å². The van der Waals surface area contributed by atoms with Crippen LogP contribution in [0.2, 0.25) is 0 Å². The van der Waals surface area contributed by atoms with Crippen molar-refractivity contribution in [2.45, 2.75) is 32.6 Å². The lowest BCUT2D eigenvalue weighted by Crippen LogP contribution is -2.31. The van der Waals surface area contributed by atoms with Gasteiger partial charge >= 0.3 is 5.69 Å². The Kier molecular flexibility index (Phi) is 6.04. The average molecular weight is 403 g/mol. The number of hydrogen-bond donors (Lipinski definition) is 4. The molecule has 0 bridgehead atoms. The molecule has 0 fully saturated rings. The summed E-state index contributed by atoms with van der Waals surface area (Å²) in [5.41, 5.74) is 0.236. The minimum Gasteiger partial charge on any atom is -0.491 e. The first-order valence-corrected chi connectivity index (χ1v) is 9.25. The van der Waals surface area contributed by atoms with Gasteiger partial charge in [-0.2, -0.15) is 4.98 Å². The van der Waals surface area contributed by atoms with Crippen molar-refractivity contribution in [2.75, 3.05) is 18.5 Å². The number of rotatable bonds is 8. The molecule has 0 aliphatic rings. The lowest BCUT2D eigenvalue weighted by molar-refractivity contribution is 0.0938. The van der Waals surface area contributed by atoms with Crippen molar-refractivity contribution in [1.29, 1.82) is 0 Å². The summed E-state index contributed by atoms with van der Waals surface area (Å²) in [5, 5.41) is 23.0. The molecule has 0 saturated heterocycles. The molecule has 0 radical (unpaired) electrons. The van der Waals surface area contributed by atoms with Crippen molar-refractivity contribution in [3.8, 4) is 5.75 Å². The van der Waals surface area contributed by atoms with Gasteiger partial charge in [0.2, 0.25) is 5.95 Å². The van der Waals surface area contributed by atoms with Crippen LogP contribution in [0.3, 0.4) is 0 Å². The van der Waals surface area contributed by atoms with Crippen LogP contribution in [0.15, 0.2) is 33.9 Å². The highest BCUT2D eigenvalue weighted by Crippen LogP contribution is 2.17. The molecule has 3 aromatic rings. The quantitative estimate of drug-likeness (QED) is 0.415. The molecule has 156 valence electrons. The molecule has 10 nitrogen and oxygen atoms in total. The second-order valence-electron chi connectivity index (χ2n) is 7.04. The van der Waals surface area contributed by atoms with E-state index in [-0.39, 0.29) is 36.8 Å². The molecule has 0 spiro atoms. The van der Waals surface area contributed by atoms with Gasteiger partial charge in [0.05, 0.1) is 12.6 Å². The van der Waals surface area contributed by atoms with Crippen molar-refractivity contribution in [2.24, 2.45) is 7.05 Å². The number of fused-ring (bicyclic) bond motifs is 1. The van der Waals surface area contributed by atoms with Gasteiger partial charge in [-0.05, 0) is 26.0 Å². The molecule has 1 aromatic carbocycles. The first kappa shape index (κ1) is 20.6. The van der Waals surface area contributed by atoms with Crippen LogP contribution in [-0.4, -0.2) is 54.7 Å². The van der Waals surface area contributed by atoms with Crippen LogP contribution in [0.4, 0.5) is 5.95 Å². The van der Waals surface area contributed by atoms with E-state index in [9.17, 15) is 19.8 Å². The molecule has 29 heavy (non-hydrogen) atoms. The number of aliphatic hydroxyl groups excluding tert-OH is 2. The van der Waals surface area contributed by atoms with Crippen LogP contribution >= 0.6 is 0 Å². The number of aromatic nitrogens is 4. The maximum absolute atomic E-state index is 12.4. The van der Waals surface area contributed by atoms with E-state index in [2.05, 4.69) is 15.3 Å². The van der Waals surface area contributed by atoms with E-state index < -0.39 is 23.5 Å². The van der Waals surface area contributed by atoms with Gasteiger partial charge in [0.1, 0.15) is 18.5 Å². The van der Waals surface area contributed by atoms with E-state index in [1.807, 2.05) is 31.2 Å². The minimum absolute atomic E-state index is 0.00223. The normalized spacial score (nSPS) is 13.4. The molecule has 2 heterocycles. The molecule has 0 aliphatic heterocycles. The van der Waals surface area contributed by atoms with Crippen molar-refractivity contribution < 1.29 is 14.9 Å². The smallest absolute Gasteiger partial charge is 0.329 e. The van der Waals surface area contributed by atoms with Gasteiger partial charge in [-0.1, -0.05) is 17.7 Å². The molecule has 2 aromatic heterocycles. The number of aliphatic hydroxyl groups is 2. The van der Waals surface area contributed by atoms with Crippen molar-refractivity contribution >= 4 is 17.1 Å². The first-order valence-electron chi connectivity index (χ1n) is 9.25. The molecule has 0 saturated carbocycles. The Bertz CT molecular complexity index is 1100. The number of H-pyrrole nitrogens is 1. The molecule has 0 aliphatic carbocycles. The molecule has 0 amide bonds. The van der Waals surface area contributed by atoms with E-state index in [4.69, 9.17) is 4.74 Å². The summed E-state index contributed by atoms with van der Waals surface area (Å²) in [6, 6.07) is 7.43. The van der Waals surface area contributed by atoms with Crippen LogP contribution in [0, 0.1) is 6.92 Å². The van der Waals surface area contributed by atoms with Crippen LogP contribution in [0.1, 0.15) is 12.5 Å². The van der Waals surface area contributed by atoms with E-state index >= 15 is 0 Å². The second kappa shape index (κ2) is 8.50. The summed E-state index contributed by atoms with van der Waals surface area (Å²) in [6.07, 6.45) is -1.60. The van der Waals surface area contributed by atoms with Crippen LogP contribution in [0.5, 0.6) is 5.75 Å². The number of nitrogens with one attached hydrogen (secondary N) is 2. The predicted octanol–water partition coefficient (Wildman–Crippen LogP) is -0.0357. The summed E-state index contributed by atoms with van der Waals surface area (Å²) in [4.78, 5) is 30.8. The van der Waals surface area contributed by atoms with Crippen LogP contribution < -0.4 is 21.3 Å². The number of imidazole rings is 1. The standard InChI is InChI=1S/C19H25N5O5/c1-11-4-6-14(7-5-11)29-10-13(26)9-24-15-16(21-18(24)20-8-12(2)25)23(3)19(28)22-17(15)27/h4-7,12-13,25-26H,8-10H2,1-3H3,(H,20,21)(H,22,27,28)/t12-,13+/m1/s1. The number of aryl methyl sites for hydroxylation is 2. The number of hydrogen-bond acceptors (Lipinski definition) is 7. The molecule has 4 N–H and O–H groups in total. The monoisotopic (exact) mass is 403 g/mol. The van der Waals surface area contributed by atoms with E-state index in [0.29, 0.717) is 5.75 Å². The van der Waals surface area contributed by atoms with Gasteiger partial charge in [0.25, 0.3) is 5.56 Å². The van der Waals surface area contributed by atoms with Gasteiger partial charge in [0.15, 0.2) is 11.2 Å². The van der Waals surface area contributed by atoms with Gasteiger partial charge in [0, 0.05) is 13.6 Å². The number of anilines is 1. The Labute approximate surface area is 166 Å². The highest BCUT2D eigenvalue weighted by atomic mass is 16.5. The summed E-state index contributed by atoms with van der Waals surface area (Å²) in [6.45, 7) is 3.77. The zero-order valence-corrected chi connectivity index (χ0v) is 16.5. The van der Waals surface area contributed by atoms with Gasteiger partial charge in [-0.15, -0.1) is 0 Å². The Balaban J connectivity index is 1.88. The van der Waals surface area contributed by atoms with Crippen molar-refractivity contribution in [1.82, 2.24) is 19.1 Å². The molecule has 3 rings (SSSR count). The molecule has 0 unspecified atom stereocenters. The largest absolute Gasteiger partial charge is 0.491 e. The van der Waals surface area contributed by atoms with Crippen molar-refractivity contribution in [3.63, 3.8) is 0 Å². The summed E-state index contributed by atoms with van der Waals surface area (Å²) in [7, 11) is 1.49. The predicted molar refractivity (Wildman–Crippen MR) is 108 cm³/mol. The highest BCUT2D eigenvalue weighted by molar-refractivity contribution is 5.74. The third-order valence-electron chi connectivity index (χ3n) is 4.42. The Hall–Kier alpha value is -3.11. The minimum atomic E-state index is -0.947. The third kappa shape index (κ3) is 4.66. The van der Waals surface area contributed by atoms with E-state index in [1.165, 1.54) is 16.2 Å². The Morgan fingerprint density at radius 3 is 2.59 bits per heavy atom. The van der Waals surface area contributed by atoms with Crippen LogP contribution in [0.25, 0.3) is 11.2 Å². The topological polar surface area (TPSA) is 134 Å². The zero-order chi connectivity index (χ0) is 21.1. The average Bonchev–Trinajstić information content (AvgIpc) is 3.03. The molecular formula is C19H25N5O5. The van der Waals surface area contributed by atoms with Gasteiger partial charge in [-0.25, -0.2) is 4.79 Å². The lowest BCUT2D eigenvalue weighted by Gasteiger charge is -2.16. The molecular weight excluding hydrogens is 378 g/mol. The van der Waals surface area contributed by atoms with Gasteiger partial charge < -0.3 is 24.8 Å². The third-order valence-corrected chi connectivity index (χ3v) is 4.42. The number of aromatic amines is 1.